The van der Waals surface area contributed by atoms with Crippen molar-refractivity contribution in [1.82, 2.24) is 4.90 Å². The molecule has 21 heavy (non-hydrogen) atoms. The van der Waals surface area contributed by atoms with Crippen LogP contribution in [-0.4, -0.2) is 44.2 Å². The number of nitrogens with zero attached hydrogens (tertiary/aromatic N) is 1. The Hall–Kier alpha value is -1.55. The Bertz CT molecular complexity index is 446. The standard InChI is InChI=1S/C17H27NO3/c1-5-18(11-9-17(19)20-4)10-6-12-21-16-8-7-14(2)15(3)13-16/h7-8,13H,5-6,9-12H2,1-4H3. The molecule has 0 amide bonds. The molecule has 0 fully saturated rings. The Morgan fingerprint density at radius 2 is 1.95 bits per heavy atom. The lowest BCUT2D eigenvalue weighted by Gasteiger charge is -2.19. The maximum Gasteiger partial charge on any atom is 0.306 e. The van der Waals surface area contributed by atoms with Gasteiger partial charge < -0.3 is 14.4 Å². The molecule has 0 bridgehead atoms. The molecule has 0 heterocycles. The first kappa shape index (κ1) is 17.5. The average Bonchev–Trinajstić information content (AvgIpc) is 2.49. The van der Waals surface area contributed by atoms with E-state index in [0.717, 1.165) is 31.8 Å². The Balaban J connectivity index is 2.25. The number of ether oxygens (including phenoxy) is 2. The molecule has 0 aliphatic heterocycles. The second-order valence-electron chi connectivity index (χ2n) is 5.21. The summed E-state index contributed by atoms with van der Waals surface area (Å²) in [5.74, 6) is 0.774. The minimum Gasteiger partial charge on any atom is -0.494 e. The first-order valence-electron chi connectivity index (χ1n) is 7.56. The zero-order valence-corrected chi connectivity index (χ0v) is 13.6. The van der Waals surface area contributed by atoms with Gasteiger partial charge in [0.2, 0.25) is 0 Å². The molecule has 0 aliphatic carbocycles. The average molecular weight is 293 g/mol. The fraction of sp³-hybridized carbons (Fsp3) is 0.588. The summed E-state index contributed by atoms with van der Waals surface area (Å²) in [5.41, 5.74) is 2.53. The van der Waals surface area contributed by atoms with Crippen molar-refractivity contribution < 1.29 is 14.3 Å². The number of hydrogen-bond donors (Lipinski definition) is 0. The minimum atomic E-state index is -0.153. The van der Waals surface area contributed by atoms with Crippen LogP contribution in [0.3, 0.4) is 0 Å². The number of benzene rings is 1. The highest BCUT2D eigenvalue weighted by molar-refractivity contribution is 5.69. The minimum absolute atomic E-state index is 0.153. The summed E-state index contributed by atoms with van der Waals surface area (Å²) in [4.78, 5) is 13.4. The van der Waals surface area contributed by atoms with Crippen LogP contribution in [0.2, 0.25) is 0 Å². The van der Waals surface area contributed by atoms with Crippen LogP contribution in [-0.2, 0) is 9.53 Å². The lowest BCUT2D eigenvalue weighted by atomic mass is 10.1. The molecular weight excluding hydrogens is 266 g/mol. The fourth-order valence-corrected chi connectivity index (χ4v) is 2.06. The molecular formula is C17H27NO3. The van der Waals surface area contributed by atoms with Gasteiger partial charge >= 0.3 is 5.97 Å². The molecule has 1 rings (SSSR count). The predicted molar refractivity (Wildman–Crippen MR) is 84.8 cm³/mol. The number of carbonyl (C=O) groups excluding carboxylic acids is 1. The van der Waals surface area contributed by atoms with E-state index >= 15 is 0 Å². The molecule has 4 heteroatoms. The summed E-state index contributed by atoms with van der Waals surface area (Å²) in [6, 6.07) is 6.17. The number of esters is 1. The number of carbonyl (C=O) groups is 1. The smallest absolute Gasteiger partial charge is 0.306 e. The maximum absolute atomic E-state index is 11.1. The monoisotopic (exact) mass is 293 g/mol. The van der Waals surface area contributed by atoms with E-state index in [2.05, 4.69) is 42.5 Å². The zero-order valence-electron chi connectivity index (χ0n) is 13.6. The van der Waals surface area contributed by atoms with E-state index in [-0.39, 0.29) is 5.97 Å². The van der Waals surface area contributed by atoms with Crippen LogP contribution in [0, 0.1) is 13.8 Å². The van der Waals surface area contributed by atoms with Crippen molar-refractivity contribution in [3.05, 3.63) is 29.3 Å². The quantitative estimate of drug-likeness (QED) is 0.518. The summed E-state index contributed by atoms with van der Waals surface area (Å²) < 4.78 is 10.4. The third-order valence-corrected chi connectivity index (χ3v) is 3.67. The van der Waals surface area contributed by atoms with Gasteiger partial charge in [-0.05, 0) is 50.1 Å². The van der Waals surface area contributed by atoms with E-state index in [1.54, 1.807) is 0 Å². The van der Waals surface area contributed by atoms with Crippen molar-refractivity contribution in [2.75, 3.05) is 33.4 Å². The maximum atomic E-state index is 11.1. The van der Waals surface area contributed by atoms with Gasteiger partial charge in [0, 0.05) is 13.1 Å². The van der Waals surface area contributed by atoms with Crippen molar-refractivity contribution in [1.29, 1.82) is 0 Å². The normalized spacial score (nSPS) is 10.7. The molecule has 0 radical (unpaired) electrons. The molecule has 0 aliphatic rings. The molecule has 0 atom stereocenters. The van der Waals surface area contributed by atoms with Crippen molar-refractivity contribution in [3.63, 3.8) is 0 Å². The molecule has 1 aromatic rings. The van der Waals surface area contributed by atoms with Crippen LogP contribution in [0.4, 0.5) is 0 Å². The second-order valence-corrected chi connectivity index (χ2v) is 5.21. The fourth-order valence-electron chi connectivity index (χ4n) is 2.06. The predicted octanol–water partition coefficient (Wildman–Crippen LogP) is 2.96. The van der Waals surface area contributed by atoms with Gasteiger partial charge in [-0.15, -0.1) is 0 Å². The molecule has 0 N–H and O–H groups in total. The molecule has 0 unspecified atom stereocenters. The highest BCUT2D eigenvalue weighted by Crippen LogP contribution is 2.16. The molecule has 0 saturated carbocycles. The van der Waals surface area contributed by atoms with Gasteiger partial charge in [0.15, 0.2) is 0 Å². The third-order valence-electron chi connectivity index (χ3n) is 3.67. The Morgan fingerprint density at radius 1 is 1.19 bits per heavy atom. The van der Waals surface area contributed by atoms with Crippen molar-refractivity contribution in [2.45, 2.75) is 33.6 Å². The first-order valence-corrected chi connectivity index (χ1v) is 7.56. The summed E-state index contributed by atoms with van der Waals surface area (Å²) in [6.45, 7) is 9.58. The Morgan fingerprint density at radius 3 is 2.57 bits per heavy atom. The van der Waals surface area contributed by atoms with Crippen LogP contribution in [0.25, 0.3) is 0 Å². The van der Waals surface area contributed by atoms with Crippen LogP contribution in [0.1, 0.15) is 30.9 Å². The number of aryl methyl sites for hydroxylation is 2. The molecule has 0 saturated heterocycles. The number of rotatable bonds is 9. The first-order chi connectivity index (χ1) is 10.1. The highest BCUT2D eigenvalue weighted by atomic mass is 16.5. The van der Waals surface area contributed by atoms with Crippen LogP contribution in [0.5, 0.6) is 5.75 Å². The summed E-state index contributed by atoms with van der Waals surface area (Å²) in [5, 5.41) is 0. The van der Waals surface area contributed by atoms with Gasteiger partial charge in [0.1, 0.15) is 5.75 Å². The van der Waals surface area contributed by atoms with E-state index in [1.807, 2.05) is 6.07 Å². The molecule has 4 nitrogen and oxygen atoms in total. The van der Waals surface area contributed by atoms with Gasteiger partial charge in [0.25, 0.3) is 0 Å². The highest BCUT2D eigenvalue weighted by Gasteiger charge is 2.06. The number of hydrogen-bond acceptors (Lipinski definition) is 4. The van der Waals surface area contributed by atoms with Gasteiger partial charge in [-0.25, -0.2) is 0 Å². The van der Waals surface area contributed by atoms with E-state index in [0.29, 0.717) is 13.0 Å². The van der Waals surface area contributed by atoms with Gasteiger partial charge in [0.05, 0.1) is 20.1 Å². The molecule has 1 aromatic carbocycles. The Kier molecular flexibility index (Phi) is 7.83. The van der Waals surface area contributed by atoms with E-state index in [9.17, 15) is 4.79 Å². The largest absolute Gasteiger partial charge is 0.494 e. The third kappa shape index (κ3) is 6.63. The van der Waals surface area contributed by atoms with Gasteiger partial charge in [-0.1, -0.05) is 13.0 Å². The summed E-state index contributed by atoms with van der Waals surface area (Å²) >= 11 is 0. The zero-order chi connectivity index (χ0) is 15.7. The van der Waals surface area contributed by atoms with Gasteiger partial charge in [-0.3, -0.25) is 4.79 Å². The van der Waals surface area contributed by atoms with Gasteiger partial charge in [-0.2, -0.15) is 0 Å². The van der Waals surface area contributed by atoms with Crippen molar-refractivity contribution in [3.8, 4) is 5.75 Å². The van der Waals surface area contributed by atoms with E-state index in [4.69, 9.17) is 4.74 Å². The van der Waals surface area contributed by atoms with Crippen molar-refractivity contribution in [2.24, 2.45) is 0 Å². The van der Waals surface area contributed by atoms with E-state index in [1.165, 1.54) is 18.2 Å². The Labute approximate surface area is 128 Å². The lowest BCUT2D eigenvalue weighted by molar-refractivity contribution is -0.140. The SMILES string of the molecule is CCN(CCCOc1ccc(C)c(C)c1)CCC(=O)OC. The lowest BCUT2D eigenvalue weighted by Crippen LogP contribution is -2.28. The van der Waals surface area contributed by atoms with E-state index < -0.39 is 0 Å². The second kappa shape index (κ2) is 9.40. The van der Waals surface area contributed by atoms with Crippen LogP contribution < -0.4 is 4.74 Å². The van der Waals surface area contributed by atoms with Crippen LogP contribution in [0.15, 0.2) is 18.2 Å². The molecule has 0 aromatic heterocycles. The summed E-state index contributed by atoms with van der Waals surface area (Å²) in [6.07, 6.45) is 1.39. The van der Waals surface area contributed by atoms with Crippen molar-refractivity contribution >= 4 is 5.97 Å². The topological polar surface area (TPSA) is 38.8 Å². The number of methoxy groups -OCH3 is 1. The molecule has 118 valence electrons. The van der Waals surface area contributed by atoms with Crippen LogP contribution >= 0.6 is 0 Å². The molecule has 0 spiro atoms. The summed E-state index contributed by atoms with van der Waals surface area (Å²) in [7, 11) is 1.43.